The number of pyridine rings is 1. The van der Waals surface area contributed by atoms with Gasteiger partial charge in [0.1, 0.15) is 0 Å². The third kappa shape index (κ3) is 3.31. The van der Waals surface area contributed by atoms with E-state index in [0.29, 0.717) is 5.95 Å². The smallest absolute Gasteiger partial charge is 0.247 e. The predicted molar refractivity (Wildman–Crippen MR) is 127 cm³/mol. The second-order valence-electron chi connectivity index (χ2n) is 8.42. The Balaban J connectivity index is 1.33. The summed E-state index contributed by atoms with van der Waals surface area (Å²) in [6.07, 6.45) is 3.11. The number of anilines is 2. The van der Waals surface area contributed by atoms with E-state index >= 15 is 0 Å². The number of aromatic nitrogens is 5. The van der Waals surface area contributed by atoms with Crippen LogP contribution in [-0.4, -0.2) is 42.4 Å². The van der Waals surface area contributed by atoms with Crippen LogP contribution in [0.1, 0.15) is 18.1 Å². The Kier molecular flexibility index (Phi) is 4.43. The number of benzene rings is 2. The minimum Gasteiger partial charge on any atom is -0.323 e. The lowest BCUT2D eigenvalue weighted by molar-refractivity contribution is 0.268. The fourth-order valence-corrected chi connectivity index (χ4v) is 4.57. The Hall–Kier alpha value is -3.71. The average Bonchev–Trinajstić information content (AvgIpc) is 3.39. The largest absolute Gasteiger partial charge is 0.323 e. The monoisotopic (exact) mass is 423 g/mol. The first-order valence-corrected chi connectivity index (χ1v) is 11.1. The Bertz CT molecular complexity index is 1450. The normalized spacial score (nSPS) is 14.2. The van der Waals surface area contributed by atoms with E-state index in [1.807, 2.05) is 40.6 Å². The molecule has 0 radical (unpaired) electrons. The number of nitrogens with zero attached hydrogens (tertiary/aromatic N) is 6. The van der Waals surface area contributed by atoms with Gasteiger partial charge in [-0.05, 0) is 60.5 Å². The van der Waals surface area contributed by atoms with E-state index in [0.717, 1.165) is 59.5 Å². The molecule has 5 aromatic rings. The van der Waals surface area contributed by atoms with Crippen molar-refractivity contribution < 1.29 is 0 Å². The predicted octanol–water partition coefficient (Wildman–Crippen LogP) is 4.40. The molecule has 0 fully saturated rings. The molecule has 0 amide bonds. The van der Waals surface area contributed by atoms with Crippen LogP contribution in [0.4, 0.5) is 11.6 Å². The van der Waals surface area contributed by atoms with Gasteiger partial charge in [0.15, 0.2) is 5.65 Å². The number of aryl methyl sites for hydroxylation is 1. The number of rotatable bonds is 4. The van der Waals surface area contributed by atoms with Crippen LogP contribution in [0, 0.1) is 0 Å². The third-order valence-corrected chi connectivity index (χ3v) is 6.28. The van der Waals surface area contributed by atoms with Crippen LogP contribution in [0.2, 0.25) is 0 Å². The van der Waals surface area contributed by atoms with Gasteiger partial charge in [-0.2, -0.15) is 10.1 Å². The molecule has 0 spiro atoms. The second kappa shape index (κ2) is 7.46. The maximum absolute atomic E-state index is 4.77. The van der Waals surface area contributed by atoms with Gasteiger partial charge in [0, 0.05) is 43.0 Å². The van der Waals surface area contributed by atoms with E-state index in [1.165, 1.54) is 11.1 Å². The van der Waals surface area contributed by atoms with E-state index in [-0.39, 0.29) is 0 Å². The summed E-state index contributed by atoms with van der Waals surface area (Å²) in [5, 5.41) is 13.8. The summed E-state index contributed by atoms with van der Waals surface area (Å²) in [6.45, 7) is 5.47. The maximum Gasteiger partial charge on any atom is 0.247 e. The van der Waals surface area contributed by atoms with Gasteiger partial charge >= 0.3 is 0 Å². The zero-order chi connectivity index (χ0) is 21.7. The number of hydrogen-bond donors (Lipinski definition) is 1. The van der Waals surface area contributed by atoms with E-state index in [2.05, 4.69) is 58.6 Å². The van der Waals surface area contributed by atoms with Crippen LogP contribution in [-0.2, 0) is 20.0 Å². The van der Waals surface area contributed by atoms with Gasteiger partial charge in [-0.1, -0.05) is 25.1 Å². The first-order chi connectivity index (χ1) is 15.7. The molecule has 7 nitrogen and oxygen atoms in total. The molecular formula is C25H25N7. The topological polar surface area (TPSA) is 63.3 Å². The lowest BCUT2D eigenvalue weighted by atomic mass is 9.99. The van der Waals surface area contributed by atoms with Crippen LogP contribution in [0.3, 0.4) is 0 Å². The zero-order valence-corrected chi connectivity index (χ0v) is 18.3. The number of hydrogen-bond acceptors (Lipinski definition) is 5. The first-order valence-electron chi connectivity index (χ1n) is 11.1. The molecule has 32 heavy (non-hydrogen) atoms. The van der Waals surface area contributed by atoms with Gasteiger partial charge in [-0.25, -0.2) is 4.52 Å². The molecule has 1 aliphatic rings. The minimum atomic E-state index is 0.603. The van der Waals surface area contributed by atoms with Crippen molar-refractivity contribution in [1.82, 2.24) is 29.3 Å². The van der Waals surface area contributed by atoms with E-state index < -0.39 is 0 Å². The molecule has 1 N–H and O–H groups in total. The lowest BCUT2D eigenvalue weighted by Gasteiger charge is -2.27. The molecule has 1 aliphatic heterocycles. The molecular weight excluding hydrogens is 398 g/mol. The Morgan fingerprint density at radius 1 is 1.00 bits per heavy atom. The van der Waals surface area contributed by atoms with Crippen LogP contribution in [0.5, 0.6) is 0 Å². The molecule has 4 heterocycles. The van der Waals surface area contributed by atoms with Crippen molar-refractivity contribution >= 4 is 28.2 Å². The number of likely N-dealkylation sites (N-methyl/N-ethyl adjacent to an activating group) is 1. The fraction of sp³-hybridized carbons (Fsp3) is 0.240. The SMILES string of the molecule is CCN1CCc2cc(Nc3nc4cccc(-c5ccc6nn(C)cc6c5)n4n3)ccc2C1. The molecule has 0 saturated carbocycles. The van der Waals surface area contributed by atoms with E-state index in [1.54, 1.807) is 0 Å². The minimum absolute atomic E-state index is 0.603. The Morgan fingerprint density at radius 2 is 1.94 bits per heavy atom. The molecule has 6 rings (SSSR count). The molecule has 0 unspecified atom stereocenters. The highest BCUT2D eigenvalue weighted by Gasteiger charge is 2.16. The van der Waals surface area contributed by atoms with Crippen LogP contribution >= 0.6 is 0 Å². The summed E-state index contributed by atoms with van der Waals surface area (Å²) in [4.78, 5) is 7.19. The molecule has 0 atom stereocenters. The van der Waals surface area contributed by atoms with Crippen LogP contribution in [0.25, 0.3) is 27.8 Å². The van der Waals surface area contributed by atoms with Gasteiger partial charge in [0.05, 0.1) is 11.2 Å². The summed E-state index contributed by atoms with van der Waals surface area (Å²) in [5.41, 5.74) is 7.74. The molecule has 160 valence electrons. The standard InChI is InChI=1S/C25H25N7/c1-3-31-12-11-17-14-21(9-7-19(17)16-31)26-25-27-24-6-4-5-23(32(24)29-25)18-8-10-22-20(13-18)15-30(2)28-22/h4-10,13-15H,3,11-12,16H2,1-2H3,(H,26,29). The molecule has 2 aromatic carbocycles. The number of nitrogens with one attached hydrogen (secondary N) is 1. The molecule has 0 bridgehead atoms. The highest BCUT2D eigenvalue weighted by molar-refractivity contribution is 5.83. The van der Waals surface area contributed by atoms with Crippen molar-refractivity contribution in [2.75, 3.05) is 18.4 Å². The van der Waals surface area contributed by atoms with Crippen molar-refractivity contribution in [3.8, 4) is 11.3 Å². The fourth-order valence-electron chi connectivity index (χ4n) is 4.57. The summed E-state index contributed by atoms with van der Waals surface area (Å²) in [6, 6.07) is 19.0. The van der Waals surface area contributed by atoms with Crippen molar-refractivity contribution in [1.29, 1.82) is 0 Å². The first kappa shape index (κ1) is 19.0. The molecule has 3 aromatic heterocycles. The second-order valence-corrected chi connectivity index (χ2v) is 8.42. The molecule has 0 aliphatic carbocycles. The van der Waals surface area contributed by atoms with Gasteiger partial charge in [-0.15, -0.1) is 5.10 Å². The summed E-state index contributed by atoms with van der Waals surface area (Å²) >= 11 is 0. The van der Waals surface area contributed by atoms with E-state index in [9.17, 15) is 0 Å². The zero-order valence-electron chi connectivity index (χ0n) is 18.3. The molecule has 7 heteroatoms. The highest BCUT2D eigenvalue weighted by atomic mass is 15.4. The third-order valence-electron chi connectivity index (χ3n) is 6.28. The van der Waals surface area contributed by atoms with Gasteiger partial charge in [0.2, 0.25) is 5.95 Å². The Labute approximate surface area is 186 Å². The summed E-state index contributed by atoms with van der Waals surface area (Å²) in [5.74, 6) is 0.603. The quantitative estimate of drug-likeness (QED) is 0.464. The van der Waals surface area contributed by atoms with E-state index in [4.69, 9.17) is 10.1 Å². The maximum atomic E-state index is 4.77. The van der Waals surface area contributed by atoms with Crippen LogP contribution < -0.4 is 5.32 Å². The average molecular weight is 424 g/mol. The van der Waals surface area contributed by atoms with Crippen molar-refractivity contribution in [2.45, 2.75) is 19.9 Å². The van der Waals surface area contributed by atoms with Crippen LogP contribution in [0.15, 0.2) is 60.8 Å². The van der Waals surface area contributed by atoms with Gasteiger partial charge < -0.3 is 5.32 Å². The highest BCUT2D eigenvalue weighted by Crippen LogP contribution is 2.27. The summed E-state index contributed by atoms with van der Waals surface area (Å²) in [7, 11) is 1.94. The number of fused-ring (bicyclic) bond motifs is 3. The van der Waals surface area contributed by atoms with Crippen molar-refractivity contribution in [2.24, 2.45) is 7.05 Å². The summed E-state index contributed by atoms with van der Waals surface area (Å²) < 4.78 is 3.74. The van der Waals surface area contributed by atoms with Crippen molar-refractivity contribution in [3.63, 3.8) is 0 Å². The van der Waals surface area contributed by atoms with Gasteiger partial charge in [0.25, 0.3) is 0 Å². The van der Waals surface area contributed by atoms with Gasteiger partial charge in [-0.3, -0.25) is 9.58 Å². The Morgan fingerprint density at radius 3 is 2.84 bits per heavy atom. The molecule has 0 saturated heterocycles. The lowest BCUT2D eigenvalue weighted by Crippen LogP contribution is -2.30. The van der Waals surface area contributed by atoms with Crippen molar-refractivity contribution in [3.05, 3.63) is 71.9 Å².